The Morgan fingerprint density at radius 2 is 1.84 bits per heavy atom. The molecule has 0 fully saturated rings. The smallest absolute Gasteiger partial charge is 0.312 e. The summed E-state index contributed by atoms with van der Waals surface area (Å²) in [7, 11) is -2.81. The summed E-state index contributed by atoms with van der Waals surface area (Å²) in [4.78, 5) is 21.1. The van der Waals surface area contributed by atoms with Gasteiger partial charge in [0.05, 0.1) is 22.6 Å². The molecular weight excluding hydrogens is 350 g/mol. The molecule has 0 spiro atoms. The lowest BCUT2D eigenvalue weighted by molar-refractivity contribution is -0.386. The molecule has 0 heterocycles. The van der Waals surface area contributed by atoms with E-state index in [0.29, 0.717) is 5.69 Å². The van der Waals surface area contributed by atoms with Gasteiger partial charge in [-0.1, -0.05) is 6.07 Å². The van der Waals surface area contributed by atoms with Crippen LogP contribution in [0.4, 0.5) is 17.1 Å². The molecule has 0 aliphatic heterocycles. The summed E-state index contributed by atoms with van der Waals surface area (Å²) in [5.74, 6) is -0.345. The first kappa shape index (κ1) is 18.2. The summed E-state index contributed by atoms with van der Waals surface area (Å²) in [6, 6.07) is 9.39. The minimum Gasteiger partial charge on any atom is -0.490 e. The molecule has 0 saturated heterocycles. The van der Waals surface area contributed by atoms with Gasteiger partial charge >= 0.3 is 5.69 Å². The molecule has 2 aromatic rings. The van der Waals surface area contributed by atoms with E-state index in [9.17, 15) is 23.3 Å². The molecule has 9 nitrogen and oxygen atoms in total. The van der Waals surface area contributed by atoms with Crippen LogP contribution in [-0.4, -0.2) is 26.4 Å². The Balaban J connectivity index is 2.35. The molecule has 0 bridgehead atoms. The number of anilines is 2. The Hall–Kier alpha value is -3.14. The Morgan fingerprint density at radius 3 is 2.44 bits per heavy atom. The molecule has 0 radical (unpaired) electrons. The van der Waals surface area contributed by atoms with Crippen LogP contribution in [0.25, 0.3) is 0 Å². The van der Waals surface area contributed by atoms with E-state index in [1.807, 2.05) is 0 Å². The van der Waals surface area contributed by atoms with Crippen LogP contribution in [-0.2, 0) is 14.8 Å². The van der Waals surface area contributed by atoms with E-state index in [2.05, 4.69) is 10.0 Å². The number of amides is 1. The van der Waals surface area contributed by atoms with Crippen LogP contribution in [0.5, 0.6) is 5.75 Å². The van der Waals surface area contributed by atoms with Crippen LogP contribution in [0.1, 0.15) is 6.92 Å². The minimum absolute atomic E-state index is 0.0448. The highest BCUT2D eigenvalue weighted by molar-refractivity contribution is 7.92. The van der Waals surface area contributed by atoms with E-state index in [-0.39, 0.29) is 22.2 Å². The van der Waals surface area contributed by atoms with Crippen molar-refractivity contribution in [1.29, 1.82) is 0 Å². The molecule has 25 heavy (non-hydrogen) atoms. The predicted octanol–water partition coefficient (Wildman–Crippen LogP) is 2.36. The third kappa shape index (κ3) is 4.44. The van der Waals surface area contributed by atoms with Gasteiger partial charge in [0.25, 0.3) is 10.0 Å². The summed E-state index contributed by atoms with van der Waals surface area (Å²) in [6.45, 7) is 1.33. The lowest BCUT2D eigenvalue weighted by Gasteiger charge is -2.10. The molecule has 0 aliphatic rings. The molecular formula is C15H15N3O6S. The molecule has 1 amide bonds. The number of carbonyl (C=O) groups is 1. The van der Waals surface area contributed by atoms with Gasteiger partial charge < -0.3 is 10.1 Å². The van der Waals surface area contributed by atoms with Crippen molar-refractivity contribution in [3.8, 4) is 5.75 Å². The largest absolute Gasteiger partial charge is 0.490 e. The van der Waals surface area contributed by atoms with Gasteiger partial charge in [-0.25, -0.2) is 8.42 Å². The standard InChI is InChI=1S/C15H15N3O6S/c1-10(19)16-11-4-3-5-12(8-11)17-25(22,23)13-6-7-15(24-2)14(9-13)18(20)21/h3-9,17H,1-2H3,(H,16,19). The fourth-order valence-electron chi connectivity index (χ4n) is 2.06. The Kier molecular flexibility index (Phi) is 5.22. The van der Waals surface area contributed by atoms with Crippen LogP contribution >= 0.6 is 0 Å². The monoisotopic (exact) mass is 365 g/mol. The maximum Gasteiger partial charge on any atom is 0.312 e. The zero-order valence-electron chi connectivity index (χ0n) is 13.3. The number of carbonyl (C=O) groups excluding carboxylic acids is 1. The van der Waals surface area contributed by atoms with Crippen LogP contribution in [0.3, 0.4) is 0 Å². The lowest BCUT2D eigenvalue weighted by Crippen LogP contribution is -2.14. The average Bonchev–Trinajstić information content (AvgIpc) is 2.53. The SMILES string of the molecule is COc1ccc(S(=O)(=O)Nc2cccc(NC(C)=O)c2)cc1[N+](=O)[O-]. The molecule has 2 rings (SSSR count). The second-order valence-electron chi connectivity index (χ2n) is 4.96. The number of hydrogen-bond donors (Lipinski definition) is 2. The first-order valence-corrected chi connectivity index (χ1v) is 8.44. The molecule has 0 unspecified atom stereocenters. The fraction of sp³-hybridized carbons (Fsp3) is 0.133. The van der Waals surface area contributed by atoms with Gasteiger partial charge in [-0.05, 0) is 30.3 Å². The number of hydrogen-bond acceptors (Lipinski definition) is 6. The maximum atomic E-state index is 12.4. The van der Waals surface area contributed by atoms with Crippen molar-refractivity contribution in [1.82, 2.24) is 0 Å². The number of nitro benzene ring substituents is 1. The first-order chi connectivity index (χ1) is 11.7. The van der Waals surface area contributed by atoms with Gasteiger partial charge in [-0.15, -0.1) is 0 Å². The molecule has 0 aliphatic carbocycles. The van der Waals surface area contributed by atoms with E-state index >= 15 is 0 Å². The summed E-state index contributed by atoms with van der Waals surface area (Å²) < 4.78 is 32.1. The van der Waals surface area contributed by atoms with Crippen LogP contribution < -0.4 is 14.8 Å². The van der Waals surface area contributed by atoms with Crippen molar-refractivity contribution in [2.75, 3.05) is 17.1 Å². The highest BCUT2D eigenvalue weighted by atomic mass is 32.2. The number of nitrogens with zero attached hydrogens (tertiary/aromatic N) is 1. The van der Waals surface area contributed by atoms with Crippen molar-refractivity contribution in [2.24, 2.45) is 0 Å². The maximum absolute atomic E-state index is 12.4. The number of ether oxygens (including phenoxy) is 1. The summed E-state index contributed by atoms with van der Waals surface area (Å²) in [5.41, 5.74) is 0.149. The molecule has 0 aromatic heterocycles. The number of rotatable bonds is 6. The van der Waals surface area contributed by atoms with Crippen LogP contribution in [0.2, 0.25) is 0 Å². The number of nitro groups is 1. The molecule has 0 saturated carbocycles. The highest BCUT2D eigenvalue weighted by Gasteiger charge is 2.22. The third-order valence-electron chi connectivity index (χ3n) is 3.09. The quantitative estimate of drug-likeness (QED) is 0.597. The van der Waals surface area contributed by atoms with E-state index in [4.69, 9.17) is 4.74 Å². The van der Waals surface area contributed by atoms with E-state index < -0.39 is 20.6 Å². The number of sulfonamides is 1. The Morgan fingerprint density at radius 1 is 1.16 bits per heavy atom. The lowest BCUT2D eigenvalue weighted by atomic mass is 10.3. The molecule has 2 N–H and O–H groups in total. The molecule has 0 atom stereocenters. The Labute approximate surface area is 143 Å². The van der Waals surface area contributed by atoms with Gasteiger partial charge in [0.2, 0.25) is 5.91 Å². The van der Waals surface area contributed by atoms with Gasteiger partial charge in [-0.3, -0.25) is 19.6 Å². The highest BCUT2D eigenvalue weighted by Crippen LogP contribution is 2.30. The van der Waals surface area contributed by atoms with Crippen molar-refractivity contribution < 1.29 is 22.9 Å². The predicted molar refractivity (Wildman–Crippen MR) is 91.2 cm³/mol. The molecule has 132 valence electrons. The van der Waals surface area contributed by atoms with Crippen molar-refractivity contribution >= 4 is 33.0 Å². The second kappa shape index (κ2) is 7.18. The number of benzene rings is 2. The van der Waals surface area contributed by atoms with Gasteiger partial charge in [0, 0.05) is 18.7 Å². The molecule has 10 heteroatoms. The molecule has 2 aromatic carbocycles. The van der Waals surface area contributed by atoms with Crippen molar-refractivity contribution in [3.05, 3.63) is 52.6 Å². The van der Waals surface area contributed by atoms with E-state index in [1.165, 1.54) is 38.3 Å². The van der Waals surface area contributed by atoms with Gasteiger partial charge in [0.1, 0.15) is 0 Å². The zero-order valence-corrected chi connectivity index (χ0v) is 14.2. The van der Waals surface area contributed by atoms with Gasteiger partial charge in [-0.2, -0.15) is 0 Å². The fourth-order valence-corrected chi connectivity index (χ4v) is 3.13. The zero-order chi connectivity index (χ0) is 18.6. The van der Waals surface area contributed by atoms with Crippen LogP contribution in [0, 0.1) is 10.1 Å². The summed E-state index contributed by atoms with van der Waals surface area (Å²) >= 11 is 0. The van der Waals surface area contributed by atoms with E-state index in [0.717, 1.165) is 6.07 Å². The van der Waals surface area contributed by atoms with Gasteiger partial charge in [0.15, 0.2) is 5.75 Å². The average molecular weight is 365 g/mol. The van der Waals surface area contributed by atoms with Crippen molar-refractivity contribution in [2.45, 2.75) is 11.8 Å². The van der Waals surface area contributed by atoms with Crippen molar-refractivity contribution in [3.63, 3.8) is 0 Å². The first-order valence-electron chi connectivity index (χ1n) is 6.96. The van der Waals surface area contributed by atoms with Crippen LogP contribution in [0.15, 0.2) is 47.4 Å². The third-order valence-corrected chi connectivity index (χ3v) is 4.47. The minimum atomic E-state index is -4.06. The summed E-state index contributed by atoms with van der Waals surface area (Å²) in [5, 5.41) is 13.6. The number of methoxy groups -OCH3 is 1. The van der Waals surface area contributed by atoms with E-state index in [1.54, 1.807) is 12.1 Å². The second-order valence-corrected chi connectivity index (χ2v) is 6.64. The summed E-state index contributed by atoms with van der Waals surface area (Å²) in [6.07, 6.45) is 0. The topological polar surface area (TPSA) is 128 Å². The Bertz CT molecular complexity index is 927. The normalized spacial score (nSPS) is 10.8. The number of nitrogens with one attached hydrogen (secondary N) is 2.